The quantitative estimate of drug-likeness (QED) is 0.660. The minimum atomic E-state index is -0.300. The number of rotatable bonds is 3. The van der Waals surface area contributed by atoms with Crippen molar-refractivity contribution in [2.24, 2.45) is 5.10 Å². The molecule has 0 aliphatic carbocycles. The molecule has 6 heteroatoms. The van der Waals surface area contributed by atoms with Crippen LogP contribution in [0, 0.1) is 0 Å². The van der Waals surface area contributed by atoms with Crippen molar-refractivity contribution in [3.8, 4) is 0 Å². The van der Waals surface area contributed by atoms with Crippen molar-refractivity contribution in [3.63, 3.8) is 0 Å². The summed E-state index contributed by atoms with van der Waals surface area (Å²) in [5.74, 6) is -0.300. The first-order valence-electron chi connectivity index (χ1n) is 5.08. The number of benzene rings is 1. The number of amides is 1. The van der Waals surface area contributed by atoms with Crippen LogP contribution < -0.4 is 5.43 Å². The summed E-state index contributed by atoms with van der Waals surface area (Å²) < 4.78 is 0.814. The largest absolute Gasteiger partial charge is 0.356 e. The van der Waals surface area contributed by atoms with Gasteiger partial charge in [-0.25, -0.2) is 5.43 Å². The number of aromatic amines is 1. The molecule has 1 heterocycles. The van der Waals surface area contributed by atoms with Crippen molar-refractivity contribution in [2.75, 3.05) is 0 Å². The third-order valence-corrected chi connectivity index (χ3v) is 2.85. The Morgan fingerprint density at radius 2 is 2.11 bits per heavy atom. The predicted molar refractivity (Wildman–Crippen MR) is 75.0 cm³/mol. The molecule has 0 saturated carbocycles. The molecule has 4 nitrogen and oxygen atoms in total. The molecular weight excluding hydrogens is 318 g/mol. The van der Waals surface area contributed by atoms with Gasteiger partial charge in [0, 0.05) is 15.7 Å². The van der Waals surface area contributed by atoms with Gasteiger partial charge < -0.3 is 4.98 Å². The summed E-state index contributed by atoms with van der Waals surface area (Å²) in [7, 11) is 0. The predicted octanol–water partition coefficient (Wildman–Crippen LogP) is 3.19. The Kier molecular flexibility index (Phi) is 4.17. The van der Waals surface area contributed by atoms with E-state index in [0.717, 1.165) is 10.0 Å². The lowest BCUT2D eigenvalue weighted by Gasteiger charge is -1.96. The fourth-order valence-corrected chi connectivity index (χ4v) is 1.74. The van der Waals surface area contributed by atoms with E-state index in [0.29, 0.717) is 10.7 Å². The number of hydrazone groups is 1. The zero-order chi connectivity index (χ0) is 13.0. The number of nitrogens with zero attached hydrogens (tertiary/aromatic N) is 1. The summed E-state index contributed by atoms with van der Waals surface area (Å²) in [5, 5.41) is 4.51. The molecule has 0 unspecified atom stereocenters. The molecule has 0 radical (unpaired) electrons. The van der Waals surface area contributed by atoms with Gasteiger partial charge in [-0.2, -0.15) is 5.10 Å². The Labute approximate surface area is 117 Å². The van der Waals surface area contributed by atoms with Crippen LogP contribution in [0.25, 0.3) is 0 Å². The van der Waals surface area contributed by atoms with Crippen molar-refractivity contribution in [1.82, 2.24) is 10.4 Å². The van der Waals surface area contributed by atoms with E-state index < -0.39 is 0 Å². The Morgan fingerprint density at radius 3 is 2.72 bits per heavy atom. The molecule has 0 atom stereocenters. The van der Waals surface area contributed by atoms with Gasteiger partial charge in [0.1, 0.15) is 5.69 Å². The van der Waals surface area contributed by atoms with E-state index >= 15 is 0 Å². The van der Waals surface area contributed by atoms with Gasteiger partial charge in [-0.05, 0) is 39.7 Å². The van der Waals surface area contributed by atoms with Gasteiger partial charge in [0.25, 0.3) is 5.91 Å². The molecule has 0 aliphatic rings. The van der Waals surface area contributed by atoms with Gasteiger partial charge in [-0.3, -0.25) is 4.79 Å². The molecular formula is C12H9BrClN3O. The fraction of sp³-hybridized carbons (Fsp3) is 0. The average Bonchev–Trinajstić information content (AvgIpc) is 2.78. The lowest BCUT2D eigenvalue weighted by Crippen LogP contribution is -2.17. The van der Waals surface area contributed by atoms with Crippen LogP contribution in [-0.4, -0.2) is 17.1 Å². The zero-order valence-corrected chi connectivity index (χ0v) is 11.5. The lowest BCUT2D eigenvalue weighted by molar-refractivity contribution is 0.0951. The first kappa shape index (κ1) is 12.9. The number of H-pyrrole nitrogens is 1. The molecule has 1 aromatic carbocycles. The van der Waals surface area contributed by atoms with Gasteiger partial charge in [-0.15, -0.1) is 0 Å². The molecule has 1 aromatic heterocycles. The van der Waals surface area contributed by atoms with Crippen molar-refractivity contribution in [2.45, 2.75) is 0 Å². The van der Waals surface area contributed by atoms with Gasteiger partial charge in [-0.1, -0.05) is 23.7 Å². The van der Waals surface area contributed by atoms with E-state index in [1.165, 1.54) is 0 Å². The van der Waals surface area contributed by atoms with Crippen LogP contribution in [0.15, 0.2) is 46.1 Å². The van der Waals surface area contributed by atoms with Crippen LogP contribution in [-0.2, 0) is 0 Å². The van der Waals surface area contributed by atoms with Crippen LogP contribution in [0.1, 0.15) is 16.1 Å². The summed E-state index contributed by atoms with van der Waals surface area (Å²) in [6.07, 6.45) is 3.23. The van der Waals surface area contributed by atoms with E-state index in [-0.39, 0.29) is 5.91 Å². The van der Waals surface area contributed by atoms with Gasteiger partial charge in [0.2, 0.25) is 0 Å². The third kappa shape index (κ3) is 3.45. The summed E-state index contributed by atoms with van der Waals surface area (Å²) in [6, 6.07) is 8.80. The van der Waals surface area contributed by atoms with E-state index in [9.17, 15) is 4.79 Å². The maximum Gasteiger partial charge on any atom is 0.287 e. The molecule has 0 spiro atoms. The van der Waals surface area contributed by atoms with Crippen LogP contribution in [0.2, 0.25) is 5.02 Å². The van der Waals surface area contributed by atoms with Crippen molar-refractivity contribution in [3.05, 3.63) is 57.3 Å². The molecule has 0 bridgehead atoms. The van der Waals surface area contributed by atoms with Gasteiger partial charge >= 0.3 is 0 Å². The first-order chi connectivity index (χ1) is 8.65. The number of aromatic nitrogens is 1. The molecule has 0 saturated heterocycles. The normalized spacial score (nSPS) is 10.8. The number of carbonyl (C=O) groups excluding carboxylic acids is 1. The highest BCUT2D eigenvalue weighted by Crippen LogP contribution is 2.10. The Bertz CT molecular complexity index is 577. The van der Waals surface area contributed by atoms with Crippen molar-refractivity contribution in [1.29, 1.82) is 0 Å². The topological polar surface area (TPSA) is 57.2 Å². The van der Waals surface area contributed by atoms with Crippen LogP contribution in [0.5, 0.6) is 0 Å². The Morgan fingerprint density at radius 1 is 1.39 bits per heavy atom. The second kappa shape index (κ2) is 5.84. The Balaban J connectivity index is 1.95. The SMILES string of the molecule is O=C(N/N=C\c1ccc(Cl)cc1)c1cc(Br)c[nH]1. The van der Waals surface area contributed by atoms with Crippen molar-refractivity contribution < 1.29 is 4.79 Å². The number of halogens is 2. The van der Waals surface area contributed by atoms with Crippen LogP contribution in [0.4, 0.5) is 0 Å². The highest BCUT2D eigenvalue weighted by atomic mass is 79.9. The minimum Gasteiger partial charge on any atom is -0.356 e. The van der Waals surface area contributed by atoms with E-state index in [1.807, 2.05) is 12.1 Å². The molecule has 1 amide bonds. The Hall–Kier alpha value is -1.59. The molecule has 2 rings (SSSR count). The fourth-order valence-electron chi connectivity index (χ4n) is 1.27. The highest BCUT2D eigenvalue weighted by molar-refractivity contribution is 9.10. The van der Waals surface area contributed by atoms with E-state index in [2.05, 4.69) is 31.4 Å². The molecule has 0 fully saturated rings. The second-order valence-electron chi connectivity index (χ2n) is 3.48. The molecule has 0 aliphatic heterocycles. The molecule has 18 heavy (non-hydrogen) atoms. The third-order valence-electron chi connectivity index (χ3n) is 2.14. The molecule has 2 N–H and O–H groups in total. The van der Waals surface area contributed by atoms with E-state index in [1.54, 1.807) is 30.6 Å². The van der Waals surface area contributed by atoms with Crippen molar-refractivity contribution >= 4 is 39.7 Å². The van der Waals surface area contributed by atoms with E-state index in [4.69, 9.17) is 11.6 Å². The zero-order valence-electron chi connectivity index (χ0n) is 9.15. The summed E-state index contributed by atoms with van der Waals surface area (Å²) in [5.41, 5.74) is 3.71. The standard InChI is InChI=1S/C12H9BrClN3O/c13-9-5-11(15-7-9)12(18)17-16-6-8-1-3-10(14)4-2-8/h1-7,15H,(H,17,18)/b16-6-. The first-order valence-corrected chi connectivity index (χ1v) is 6.25. The number of hydrogen-bond acceptors (Lipinski definition) is 2. The van der Waals surface area contributed by atoms with Gasteiger partial charge in [0.15, 0.2) is 0 Å². The van der Waals surface area contributed by atoms with Gasteiger partial charge in [0.05, 0.1) is 6.21 Å². The summed E-state index contributed by atoms with van der Waals surface area (Å²) in [4.78, 5) is 14.4. The lowest BCUT2D eigenvalue weighted by atomic mass is 10.2. The minimum absolute atomic E-state index is 0.300. The second-order valence-corrected chi connectivity index (χ2v) is 4.83. The smallest absolute Gasteiger partial charge is 0.287 e. The average molecular weight is 327 g/mol. The van der Waals surface area contributed by atoms with Crippen LogP contribution >= 0.6 is 27.5 Å². The summed E-state index contributed by atoms with van der Waals surface area (Å²) >= 11 is 9.01. The molecule has 92 valence electrons. The highest BCUT2D eigenvalue weighted by Gasteiger charge is 2.05. The maximum atomic E-state index is 11.6. The van der Waals surface area contributed by atoms with Crippen LogP contribution in [0.3, 0.4) is 0 Å². The monoisotopic (exact) mass is 325 g/mol. The summed E-state index contributed by atoms with van der Waals surface area (Å²) in [6.45, 7) is 0. The number of nitrogens with one attached hydrogen (secondary N) is 2. The number of carbonyl (C=O) groups is 1. The number of hydrogen-bond donors (Lipinski definition) is 2. The molecule has 2 aromatic rings. The maximum absolute atomic E-state index is 11.6.